The van der Waals surface area contributed by atoms with Crippen LogP contribution >= 0.6 is 11.3 Å². The summed E-state index contributed by atoms with van der Waals surface area (Å²) in [4.78, 5) is 16.0. The van der Waals surface area contributed by atoms with Crippen molar-refractivity contribution in [3.63, 3.8) is 0 Å². The number of fused-ring (bicyclic) bond motifs is 1. The molecule has 37 heavy (non-hydrogen) atoms. The molecule has 8 nitrogen and oxygen atoms in total. The summed E-state index contributed by atoms with van der Waals surface area (Å²) >= 11 is 1.67. The molecule has 4 aromatic rings. The second-order valence-electron chi connectivity index (χ2n) is 10.9. The van der Waals surface area contributed by atoms with Crippen molar-refractivity contribution in [2.75, 3.05) is 23.6 Å². The van der Waals surface area contributed by atoms with Crippen LogP contribution in [0.2, 0.25) is 25.7 Å². The molecule has 1 saturated carbocycles. The highest BCUT2D eigenvalue weighted by atomic mass is 32.1. The fourth-order valence-electron chi connectivity index (χ4n) is 4.35. The zero-order valence-corrected chi connectivity index (χ0v) is 23.9. The lowest BCUT2D eigenvalue weighted by molar-refractivity contribution is 0.153. The van der Waals surface area contributed by atoms with Crippen molar-refractivity contribution in [2.45, 2.75) is 64.2 Å². The Labute approximate surface area is 223 Å². The van der Waals surface area contributed by atoms with Crippen molar-refractivity contribution in [3.8, 4) is 0 Å². The number of aromatic nitrogens is 5. The van der Waals surface area contributed by atoms with Crippen molar-refractivity contribution in [1.29, 1.82) is 0 Å². The number of aryl methyl sites for hydroxylation is 1. The van der Waals surface area contributed by atoms with Crippen molar-refractivity contribution in [3.05, 3.63) is 53.4 Å². The number of nitrogens with one attached hydrogen (secondary N) is 1. The predicted molar refractivity (Wildman–Crippen MR) is 154 cm³/mol. The lowest BCUT2D eigenvalue weighted by Gasteiger charge is -2.22. The highest BCUT2D eigenvalue weighted by Crippen LogP contribution is 2.38. The second kappa shape index (κ2) is 11.2. The van der Waals surface area contributed by atoms with Gasteiger partial charge in [-0.05, 0) is 56.1 Å². The molecule has 1 N–H and O–H groups in total. The van der Waals surface area contributed by atoms with Crippen LogP contribution < -0.4 is 10.2 Å². The number of nitrogens with zero attached hydrogens (tertiary/aromatic N) is 6. The highest BCUT2D eigenvalue weighted by Gasteiger charge is 2.24. The van der Waals surface area contributed by atoms with E-state index in [1.165, 1.54) is 25.7 Å². The van der Waals surface area contributed by atoms with E-state index in [1.807, 2.05) is 54.5 Å². The summed E-state index contributed by atoms with van der Waals surface area (Å²) in [6.45, 7) is 10.2. The molecule has 1 fully saturated rings. The van der Waals surface area contributed by atoms with Crippen LogP contribution in [0, 0.1) is 6.92 Å². The van der Waals surface area contributed by atoms with E-state index in [9.17, 15) is 0 Å². The molecule has 5 rings (SSSR count). The van der Waals surface area contributed by atoms with Crippen LogP contribution in [0.5, 0.6) is 0 Å². The number of hydrogen-bond acceptors (Lipinski definition) is 9. The maximum Gasteiger partial charge on any atom is 0.215 e. The zero-order chi connectivity index (χ0) is 25.8. The number of anilines is 4. The van der Waals surface area contributed by atoms with Gasteiger partial charge >= 0.3 is 0 Å². The third-order valence-corrected chi connectivity index (χ3v) is 9.39. The summed E-state index contributed by atoms with van der Waals surface area (Å²) in [6.07, 6.45) is 8.59. The first-order valence-electron chi connectivity index (χ1n) is 13.0. The fraction of sp³-hybridized carbons (Fsp3) is 0.444. The normalized spacial score (nSPS) is 14.4. The van der Waals surface area contributed by atoms with Gasteiger partial charge < -0.3 is 10.1 Å². The van der Waals surface area contributed by atoms with Crippen LogP contribution in [-0.4, -0.2) is 46.6 Å². The molecule has 0 radical (unpaired) electrons. The van der Waals surface area contributed by atoms with Crippen LogP contribution in [0.4, 0.5) is 22.3 Å². The van der Waals surface area contributed by atoms with Gasteiger partial charge in [-0.25, -0.2) is 4.98 Å². The Kier molecular flexibility index (Phi) is 7.78. The average molecular weight is 534 g/mol. The maximum atomic E-state index is 6.16. The summed E-state index contributed by atoms with van der Waals surface area (Å²) in [5, 5.41) is 14.5. The molecule has 194 valence electrons. The molecule has 0 aromatic carbocycles. The van der Waals surface area contributed by atoms with Crippen LogP contribution in [-0.2, 0) is 4.74 Å². The van der Waals surface area contributed by atoms with Crippen molar-refractivity contribution in [1.82, 2.24) is 25.1 Å². The fourth-order valence-corrected chi connectivity index (χ4v) is 6.12. The minimum atomic E-state index is -1.18. The van der Waals surface area contributed by atoms with Crippen LogP contribution in [0.15, 0.2) is 42.7 Å². The number of ether oxygens (including phenoxy) is 1. The molecule has 1 aliphatic carbocycles. The van der Waals surface area contributed by atoms with Gasteiger partial charge in [0.25, 0.3) is 0 Å². The molecule has 0 aliphatic heterocycles. The zero-order valence-electron chi connectivity index (χ0n) is 22.1. The topological polar surface area (TPSA) is 89.0 Å². The van der Waals surface area contributed by atoms with E-state index in [0.717, 1.165) is 56.7 Å². The number of hydrogen-bond donors (Lipinski definition) is 1. The Balaban J connectivity index is 1.41. The molecule has 0 amide bonds. The molecular weight excluding hydrogens is 498 g/mol. The van der Waals surface area contributed by atoms with E-state index < -0.39 is 8.07 Å². The van der Waals surface area contributed by atoms with E-state index >= 15 is 0 Å². The summed E-state index contributed by atoms with van der Waals surface area (Å²) in [5.41, 5.74) is 4.39. The van der Waals surface area contributed by atoms with Gasteiger partial charge in [0, 0.05) is 26.3 Å². The standard InChI is InChI=1S/C27H35N7OSSi/c1-19-9-10-21(16-28-19)30-22-15-24-23(29-17-22)11-12-25(31-24)34(18-35-13-14-37(2,3)4)27-33-32-26(36-27)20-7-5-6-8-20/h9-12,15-17,20,30H,5-8,13-14,18H2,1-4H3. The van der Waals surface area contributed by atoms with Crippen LogP contribution in [0.3, 0.4) is 0 Å². The van der Waals surface area contributed by atoms with Crippen LogP contribution in [0.25, 0.3) is 11.0 Å². The molecule has 0 atom stereocenters. The first-order chi connectivity index (χ1) is 17.8. The molecule has 1 aliphatic rings. The van der Waals surface area contributed by atoms with Crippen LogP contribution in [0.1, 0.15) is 42.3 Å². The van der Waals surface area contributed by atoms with Gasteiger partial charge in [0.15, 0.2) is 0 Å². The lowest BCUT2D eigenvalue weighted by Crippen LogP contribution is -2.26. The number of rotatable bonds is 10. The first kappa shape index (κ1) is 25.7. The first-order valence-corrected chi connectivity index (χ1v) is 17.5. The number of pyridine rings is 3. The molecule has 0 bridgehead atoms. The van der Waals surface area contributed by atoms with Crippen molar-refractivity contribution in [2.24, 2.45) is 0 Å². The Morgan fingerprint density at radius 2 is 1.81 bits per heavy atom. The van der Waals surface area contributed by atoms with Crippen molar-refractivity contribution >= 4 is 52.8 Å². The molecule has 0 spiro atoms. The van der Waals surface area contributed by atoms with E-state index in [2.05, 4.69) is 45.1 Å². The highest BCUT2D eigenvalue weighted by molar-refractivity contribution is 7.15. The molecule has 4 heterocycles. The van der Waals surface area contributed by atoms with E-state index in [0.29, 0.717) is 12.6 Å². The third kappa shape index (κ3) is 6.68. The molecule has 4 aromatic heterocycles. The maximum absolute atomic E-state index is 6.16. The van der Waals surface area contributed by atoms with Gasteiger partial charge in [-0.2, -0.15) is 0 Å². The summed E-state index contributed by atoms with van der Waals surface area (Å²) in [5.74, 6) is 1.31. The molecule has 0 unspecified atom stereocenters. The van der Waals surface area contributed by atoms with Gasteiger partial charge in [0.05, 0.1) is 34.8 Å². The monoisotopic (exact) mass is 533 g/mol. The van der Waals surface area contributed by atoms with Crippen molar-refractivity contribution < 1.29 is 4.74 Å². The van der Waals surface area contributed by atoms with Gasteiger partial charge in [0.1, 0.15) is 17.6 Å². The quantitative estimate of drug-likeness (QED) is 0.132. The molecule has 10 heteroatoms. The lowest BCUT2D eigenvalue weighted by atomic mass is 10.1. The Morgan fingerprint density at radius 1 is 1.00 bits per heavy atom. The van der Waals surface area contributed by atoms with Gasteiger partial charge in [-0.15, -0.1) is 10.2 Å². The Morgan fingerprint density at radius 3 is 2.57 bits per heavy atom. The minimum absolute atomic E-state index is 0.392. The summed E-state index contributed by atoms with van der Waals surface area (Å²) < 4.78 is 6.16. The summed E-state index contributed by atoms with van der Waals surface area (Å²) in [7, 11) is -1.18. The smallest absolute Gasteiger partial charge is 0.215 e. The van der Waals surface area contributed by atoms with Gasteiger partial charge in [-0.3, -0.25) is 14.9 Å². The SMILES string of the molecule is Cc1ccc(Nc2cnc3ccc(N(COCC[Si](C)(C)C)c4nnc(C5CCCC5)s4)nc3c2)cn1. The molecular formula is C27H35N7OSSi. The third-order valence-electron chi connectivity index (χ3n) is 6.58. The van der Waals surface area contributed by atoms with E-state index in [4.69, 9.17) is 9.72 Å². The largest absolute Gasteiger partial charge is 0.361 e. The predicted octanol–water partition coefficient (Wildman–Crippen LogP) is 7.04. The molecule has 0 saturated heterocycles. The Hall–Kier alpha value is -2.95. The van der Waals surface area contributed by atoms with Gasteiger partial charge in [0.2, 0.25) is 5.13 Å². The minimum Gasteiger partial charge on any atom is -0.361 e. The summed E-state index contributed by atoms with van der Waals surface area (Å²) in [6, 6.07) is 11.1. The van der Waals surface area contributed by atoms with Gasteiger partial charge in [-0.1, -0.05) is 43.8 Å². The Bertz CT molecular complexity index is 1330. The van der Waals surface area contributed by atoms with E-state index in [-0.39, 0.29) is 0 Å². The van der Waals surface area contributed by atoms with E-state index in [1.54, 1.807) is 11.3 Å². The average Bonchev–Trinajstić information content (AvgIpc) is 3.57. The second-order valence-corrected chi connectivity index (χ2v) is 17.5.